The lowest BCUT2D eigenvalue weighted by Crippen LogP contribution is -2.05. The maximum absolute atomic E-state index is 12.0. The maximum atomic E-state index is 12.0. The number of rotatable bonds is 2. The van der Waals surface area contributed by atoms with E-state index in [9.17, 15) is 4.79 Å². The Bertz CT molecular complexity index is 882. The minimum Gasteiger partial charge on any atom is -0.328 e. The molecule has 0 fully saturated rings. The van der Waals surface area contributed by atoms with Crippen molar-refractivity contribution in [2.45, 2.75) is 26.7 Å². The molecule has 0 saturated heterocycles. The molecule has 0 unspecified atom stereocenters. The van der Waals surface area contributed by atoms with E-state index in [0.29, 0.717) is 11.3 Å². The van der Waals surface area contributed by atoms with Crippen LogP contribution in [0.25, 0.3) is 20.7 Å². The van der Waals surface area contributed by atoms with E-state index >= 15 is 0 Å². The molecule has 3 aromatic rings. The zero-order valence-electron chi connectivity index (χ0n) is 11.9. The van der Waals surface area contributed by atoms with Crippen molar-refractivity contribution in [2.75, 3.05) is 0 Å². The number of hydrogen-bond acceptors (Lipinski definition) is 4. The Morgan fingerprint density at radius 1 is 1.38 bits per heavy atom. The van der Waals surface area contributed by atoms with Gasteiger partial charge in [-0.3, -0.25) is 4.79 Å². The Morgan fingerprint density at radius 3 is 2.86 bits per heavy atom. The number of hydrogen-bond donors (Lipinski definition) is 1. The molecule has 0 radical (unpaired) electrons. The van der Waals surface area contributed by atoms with Gasteiger partial charge in [-0.1, -0.05) is 13.8 Å². The Morgan fingerprint density at radius 2 is 2.14 bits per heavy atom. The molecule has 0 atom stereocenters. The van der Waals surface area contributed by atoms with Gasteiger partial charge in [0.25, 0.3) is 5.56 Å². The van der Waals surface area contributed by atoms with Crippen LogP contribution in [0.5, 0.6) is 0 Å². The topological polar surface area (TPSA) is 58.6 Å². The Labute approximate surface area is 130 Å². The summed E-state index contributed by atoms with van der Waals surface area (Å²) in [5.41, 5.74) is 2.78. The zero-order valence-corrected chi connectivity index (χ0v) is 13.5. The Kier molecular flexibility index (Phi) is 3.55. The number of thiophene rings is 1. The van der Waals surface area contributed by atoms with Gasteiger partial charge >= 0.3 is 0 Å². The van der Waals surface area contributed by atoms with Crippen molar-refractivity contribution in [3.63, 3.8) is 0 Å². The molecule has 0 amide bonds. The van der Waals surface area contributed by atoms with Crippen LogP contribution in [-0.4, -0.2) is 15.0 Å². The van der Waals surface area contributed by atoms with Gasteiger partial charge in [-0.25, -0.2) is 9.97 Å². The van der Waals surface area contributed by atoms with Crippen LogP contribution < -0.4 is 5.56 Å². The first-order valence-corrected chi connectivity index (χ1v) is 7.81. The van der Waals surface area contributed by atoms with Gasteiger partial charge in [0.2, 0.25) is 5.28 Å². The van der Waals surface area contributed by atoms with Crippen molar-refractivity contribution < 1.29 is 0 Å². The third-order valence-electron chi connectivity index (χ3n) is 3.40. The monoisotopic (exact) mass is 319 g/mol. The summed E-state index contributed by atoms with van der Waals surface area (Å²) in [6.07, 6.45) is 3.50. The molecule has 21 heavy (non-hydrogen) atoms. The number of aromatic amines is 1. The van der Waals surface area contributed by atoms with Crippen molar-refractivity contribution in [3.05, 3.63) is 45.2 Å². The second kappa shape index (κ2) is 5.24. The number of halogens is 1. The molecule has 4 nitrogen and oxygen atoms in total. The van der Waals surface area contributed by atoms with Gasteiger partial charge in [0, 0.05) is 17.1 Å². The van der Waals surface area contributed by atoms with E-state index in [2.05, 4.69) is 28.8 Å². The number of aryl methyl sites for hydroxylation is 1. The van der Waals surface area contributed by atoms with Gasteiger partial charge in [-0.15, -0.1) is 11.3 Å². The lowest BCUT2D eigenvalue weighted by Gasteiger charge is -2.05. The summed E-state index contributed by atoms with van der Waals surface area (Å²) in [6.45, 7) is 6.15. The smallest absolute Gasteiger partial charge is 0.256 e. The molecule has 108 valence electrons. The maximum Gasteiger partial charge on any atom is 0.256 e. The fraction of sp³-hybridized carbons (Fsp3) is 0.267. The normalized spacial score (nSPS) is 11.5. The number of nitrogens with zero attached hydrogens (tertiary/aromatic N) is 2. The van der Waals surface area contributed by atoms with Gasteiger partial charge in [0.15, 0.2) is 0 Å². The molecule has 0 aromatic carbocycles. The predicted molar refractivity (Wildman–Crippen MR) is 87.3 cm³/mol. The van der Waals surface area contributed by atoms with Crippen LogP contribution in [0, 0.1) is 6.92 Å². The molecule has 0 aliphatic rings. The highest BCUT2D eigenvalue weighted by Crippen LogP contribution is 2.36. The number of pyridine rings is 1. The van der Waals surface area contributed by atoms with Crippen LogP contribution in [0.4, 0.5) is 0 Å². The summed E-state index contributed by atoms with van der Waals surface area (Å²) in [7, 11) is 0. The van der Waals surface area contributed by atoms with Crippen molar-refractivity contribution in [1.29, 1.82) is 0 Å². The number of aromatic nitrogens is 3. The molecule has 3 rings (SSSR count). The Hall–Kier alpha value is -1.72. The van der Waals surface area contributed by atoms with Crippen molar-refractivity contribution >= 4 is 33.0 Å². The highest BCUT2D eigenvalue weighted by atomic mass is 35.5. The first-order chi connectivity index (χ1) is 9.97. The lowest BCUT2D eigenvalue weighted by atomic mass is 10.0. The van der Waals surface area contributed by atoms with Gasteiger partial charge in [0.05, 0.1) is 16.0 Å². The molecule has 6 heteroatoms. The number of nitrogens with one attached hydrogen (secondary N) is 1. The second-order valence-electron chi connectivity index (χ2n) is 5.25. The molecular weight excluding hydrogens is 306 g/mol. The van der Waals surface area contributed by atoms with Gasteiger partial charge in [0.1, 0.15) is 0 Å². The lowest BCUT2D eigenvalue weighted by molar-refractivity contribution is 0.869. The quantitative estimate of drug-likeness (QED) is 0.722. The van der Waals surface area contributed by atoms with Gasteiger partial charge in [-0.05, 0) is 41.6 Å². The summed E-state index contributed by atoms with van der Waals surface area (Å²) >= 11 is 7.47. The van der Waals surface area contributed by atoms with E-state index < -0.39 is 0 Å². The minimum absolute atomic E-state index is 0.0743. The fourth-order valence-corrected chi connectivity index (χ4v) is 3.78. The average molecular weight is 320 g/mol. The van der Waals surface area contributed by atoms with E-state index in [1.807, 2.05) is 13.0 Å². The number of H-pyrrole nitrogens is 1. The van der Waals surface area contributed by atoms with Crippen LogP contribution in [0.3, 0.4) is 0 Å². The van der Waals surface area contributed by atoms with E-state index in [-0.39, 0.29) is 10.8 Å². The molecule has 0 spiro atoms. The van der Waals surface area contributed by atoms with E-state index in [1.165, 1.54) is 0 Å². The summed E-state index contributed by atoms with van der Waals surface area (Å²) < 4.78 is 1.01. The molecule has 1 N–H and O–H groups in total. The Balaban J connectivity index is 2.31. The first-order valence-electron chi connectivity index (χ1n) is 6.62. The molecular formula is C15H14ClN3OS. The molecule has 3 aromatic heterocycles. The zero-order chi connectivity index (χ0) is 15.1. The van der Waals surface area contributed by atoms with E-state index in [1.54, 1.807) is 23.7 Å². The van der Waals surface area contributed by atoms with Crippen LogP contribution in [0.1, 0.15) is 30.9 Å². The predicted octanol–water partition coefficient (Wildman–Crippen LogP) is 4.13. The summed E-state index contributed by atoms with van der Waals surface area (Å²) in [5.74, 6) is 0.339. The van der Waals surface area contributed by atoms with Crippen LogP contribution in [0.2, 0.25) is 5.28 Å². The van der Waals surface area contributed by atoms with Crippen LogP contribution in [-0.2, 0) is 0 Å². The highest BCUT2D eigenvalue weighted by molar-refractivity contribution is 7.22. The van der Waals surface area contributed by atoms with Gasteiger partial charge in [-0.2, -0.15) is 0 Å². The first kappa shape index (κ1) is 14.2. The third-order valence-corrected chi connectivity index (χ3v) is 4.77. The van der Waals surface area contributed by atoms with E-state index in [4.69, 9.17) is 11.6 Å². The fourth-order valence-electron chi connectivity index (χ4n) is 2.28. The van der Waals surface area contributed by atoms with Crippen molar-refractivity contribution in [3.8, 4) is 10.6 Å². The standard InChI is InChI=1S/C15H14ClN3OS/c1-7(2)10-6-17-14(20)9-4-11(21-13(9)10)12-8(3)5-18-15(16)19-12/h4-7H,1-3H3,(H,17,20). The largest absolute Gasteiger partial charge is 0.328 e. The molecule has 0 aliphatic carbocycles. The second-order valence-corrected chi connectivity index (χ2v) is 6.64. The van der Waals surface area contributed by atoms with Crippen molar-refractivity contribution in [1.82, 2.24) is 15.0 Å². The molecule has 0 bridgehead atoms. The SMILES string of the molecule is Cc1cnc(Cl)nc1-c1cc2c(=O)[nH]cc(C(C)C)c2s1. The summed E-state index contributed by atoms with van der Waals surface area (Å²) in [4.78, 5) is 24.1. The molecule has 3 heterocycles. The van der Waals surface area contributed by atoms with Crippen LogP contribution >= 0.6 is 22.9 Å². The molecule has 0 aliphatic heterocycles. The summed E-state index contributed by atoms with van der Waals surface area (Å²) in [6, 6.07) is 1.89. The number of fused-ring (bicyclic) bond motifs is 1. The highest BCUT2D eigenvalue weighted by Gasteiger charge is 2.15. The average Bonchev–Trinajstić information content (AvgIpc) is 2.87. The van der Waals surface area contributed by atoms with Gasteiger partial charge < -0.3 is 4.98 Å². The minimum atomic E-state index is -0.0743. The molecule has 0 saturated carbocycles. The van der Waals surface area contributed by atoms with Crippen molar-refractivity contribution in [2.24, 2.45) is 0 Å². The third kappa shape index (κ3) is 2.47. The summed E-state index contributed by atoms with van der Waals surface area (Å²) in [5, 5.41) is 0.918. The van der Waals surface area contributed by atoms with E-state index in [0.717, 1.165) is 26.4 Å². The van der Waals surface area contributed by atoms with Crippen LogP contribution in [0.15, 0.2) is 23.3 Å².